The maximum atomic E-state index is 6.20. The third kappa shape index (κ3) is 3.77. The number of hydrogen-bond acceptors (Lipinski definition) is 1. The van der Waals surface area contributed by atoms with E-state index in [0.29, 0.717) is 17.5 Å². The lowest BCUT2D eigenvalue weighted by Gasteiger charge is -2.12. The molecule has 0 amide bonds. The Hall–Kier alpha value is -0.990. The van der Waals surface area contributed by atoms with E-state index in [9.17, 15) is 0 Å². The smallest absolute Gasteiger partial charge is 0.142 e. The van der Waals surface area contributed by atoms with Crippen molar-refractivity contribution in [1.29, 1.82) is 0 Å². The van der Waals surface area contributed by atoms with Crippen molar-refractivity contribution in [2.75, 3.05) is 0 Å². The molecule has 0 aliphatic rings. The Bertz CT molecular complexity index is 564. The van der Waals surface area contributed by atoms with Gasteiger partial charge in [0.15, 0.2) is 0 Å². The van der Waals surface area contributed by atoms with Crippen molar-refractivity contribution < 1.29 is 4.74 Å². The predicted molar refractivity (Wildman–Crippen MR) is 88.9 cm³/mol. The number of halogens is 2. The molecule has 0 N–H and O–H groups in total. The second-order valence-corrected chi connectivity index (χ2v) is 6.01. The Labute approximate surface area is 134 Å². The lowest BCUT2D eigenvalue weighted by atomic mass is 10.0. The third-order valence-corrected chi connectivity index (χ3v) is 4.12. The van der Waals surface area contributed by atoms with E-state index in [1.54, 1.807) is 0 Å². The second-order valence-electron chi connectivity index (χ2n) is 5.05. The van der Waals surface area contributed by atoms with Gasteiger partial charge < -0.3 is 4.74 Å². The molecule has 2 aromatic carbocycles. The molecule has 0 aliphatic carbocycles. The third-order valence-electron chi connectivity index (χ3n) is 3.22. The van der Waals surface area contributed by atoms with Crippen LogP contribution in [-0.4, -0.2) is 0 Å². The topological polar surface area (TPSA) is 9.23 Å². The lowest BCUT2D eigenvalue weighted by Crippen LogP contribution is -1.99. The Morgan fingerprint density at radius 2 is 1.80 bits per heavy atom. The zero-order chi connectivity index (χ0) is 14.5. The normalized spacial score (nSPS) is 10.8. The summed E-state index contributed by atoms with van der Waals surface area (Å²) in [4.78, 5) is 0. The Balaban J connectivity index is 2.09. The van der Waals surface area contributed by atoms with Gasteiger partial charge in [-0.25, -0.2) is 0 Å². The fourth-order valence-electron chi connectivity index (χ4n) is 1.97. The van der Waals surface area contributed by atoms with E-state index >= 15 is 0 Å². The number of para-hydroxylation sites is 1. The van der Waals surface area contributed by atoms with Crippen LogP contribution < -0.4 is 4.74 Å². The maximum Gasteiger partial charge on any atom is 0.142 e. The van der Waals surface area contributed by atoms with E-state index in [2.05, 4.69) is 54.0 Å². The van der Waals surface area contributed by atoms with Crippen LogP contribution >= 0.6 is 27.5 Å². The number of benzene rings is 2. The van der Waals surface area contributed by atoms with Crippen molar-refractivity contribution in [2.24, 2.45) is 0 Å². The minimum Gasteiger partial charge on any atom is -0.487 e. The molecule has 0 saturated carbocycles. The molecule has 0 heterocycles. The molecule has 0 atom stereocenters. The number of rotatable bonds is 5. The quantitative estimate of drug-likeness (QED) is 0.605. The van der Waals surface area contributed by atoms with E-state index in [4.69, 9.17) is 16.3 Å². The first kappa shape index (κ1) is 15.4. The van der Waals surface area contributed by atoms with Gasteiger partial charge in [0.25, 0.3) is 0 Å². The van der Waals surface area contributed by atoms with Gasteiger partial charge in [0.05, 0.1) is 5.02 Å². The van der Waals surface area contributed by atoms with E-state index < -0.39 is 0 Å². The molecule has 0 saturated heterocycles. The van der Waals surface area contributed by atoms with Crippen molar-refractivity contribution in [2.45, 2.75) is 31.7 Å². The maximum absolute atomic E-state index is 6.20. The highest BCUT2D eigenvalue weighted by Crippen LogP contribution is 2.30. The minimum absolute atomic E-state index is 0.530. The predicted octanol–water partition coefficient (Wildman–Crippen LogP) is 5.94. The minimum atomic E-state index is 0.530. The molecule has 20 heavy (non-hydrogen) atoms. The van der Waals surface area contributed by atoms with E-state index in [0.717, 1.165) is 22.2 Å². The van der Waals surface area contributed by atoms with Crippen molar-refractivity contribution in [3.05, 3.63) is 64.2 Å². The van der Waals surface area contributed by atoms with E-state index in [1.165, 1.54) is 5.56 Å². The molecule has 0 unspecified atom stereocenters. The molecule has 0 aliphatic heterocycles. The van der Waals surface area contributed by atoms with Gasteiger partial charge in [0.1, 0.15) is 12.4 Å². The first-order valence-electron chi connectivity index (χ1n) is 6.66. The van der Waals surface area contributed by atoms with Gasteiger partial charge in [-0.3, -0.25) is 0 Å². The summed E-state index contributed by atoms with van der Waals surface area (Å²) in [5, 5.41) is 1.38. The van der Waals surface area contributed by atoms with Crippen LogP contribution in [0.2, 0.25) is 5.02 Å². The molecule has 106 valence electrons. The zero-order valence-electron chi connectivity index (χ0n) is 11.7. The van der Waals surface area contributed by atoms with Gasteiger partial charge in [0.2, 0.25) is 0 Å². The zero-order valence-corrected chi connectivity index (χ0v) is 14.0. The summed E-state index contributed by atoms with van der Waals surface area (Å²) in [5.41, 5.74) is 3.55. The SMILES string of the molecule is CC(C)c1ccc(COc2c(Cl)cccc2CBr)cc1. The van der Waals surface area contributed by atoms with E-state index in [-0.39, 0.29) is 0 Å². The van der Waals surface area contributed by atoms with Crippen molar-refractivity contribution >= 4 is 27.5 Å². The first-order chi connectivity index (χ1) is 9.61. The monoisotopic (exact) mass is 352 g/mol. The molecule has 0 spiro atoms. The van der Waals surface area contributed by atoms with Crippen molar-refractivity contribution in [3.8, 4) is 5.75 Å². The summed E-state index contributed by atoms with van der Waals surface area (Å²) in [7, 11) is 0. The highest BCUT2D eigenvalue weighted by Gasteiger charge is 2.08. The van der Waals surface area contributed by atoms with Crippen LogP contribution in [-0.2, 0) is 11.9 Å². The largest absolute Gasteiger partial charge is 0.487 e. The highest BCUT2D eigenvalue weighted by atomic mass is 79.9. The fraction of sp³-hybridized carbons (Fsp3) is 0.294. The molecule has 1 nitrogen and oxygen atoms in total. The van der Waals surface area contributed by atoms with Crippen LogP contribution in [0.25, 0.3) is 0 Å². The lowest BCUT2D eigenvalue weighted by molar-refractivity contribution is 0.304. The van der Waals surface area contributed by atoms with Gasteiger partial charge in [-0.2, -0.15) is 0 Å². The molecule has 3 heteroatoms. The summed E-state index contributed by atoms with van der Waals surface area (Å²) in [6.45, 7) is 4.91. The van der Waals surface area contributed by atoms with Gasteiger partial charge in [0, 0.05) is 10.9 Å². The summed E-state index contributed by atoms with van der Waals surface area (Å²) in [5.74, 6) is 1.31. The second kappa shape index (κ2) is 7.14. The van der Waals surface area contributed by atoms with Crippen LogP contribution in [0.1, 0.15) is 36.5 Å². The number of alkyl halides is 1. The molecular formula is C17H18BrClO. The Kier molecular flexibility index (Phi) is 5.50. The number of hydrogen-bond donors (Lipinski definition) is 0. The van der Waals surface area contributed by atoms with Crippen LogP contribution in [0.3, 0.4) is 0 Å². The van der Waals surface area contributed by atoms with Crippen LogP contribution in [0.5, 0.6) is 5.75 Å². The van der Waals surface area contributed by atoms with Gasteiger partial charge >= 0.3 is 0 Å². The van der Waals surface area contributed by atoms with Crippen LogP contribution in [0.4, 0.5) is 0 Å². The molecule has 2 aromatic rings. The highest BCUT2D eigenvalue weighted by molar-refractivity contribution is 9.08. The van der Waals surface area contributed by atoms with Crippen molar-refractivity contribution in [3.63, 3.8) is 0 Å². The Morgan fingerprint density at radius 3 is 2.40 bits per heavy atom. The van der Waals surface area contributed by atoms with Gasteiger partial charge in [-0.05, 0) is 23.1 Å². The summed E-state index contributed by atoms with van der Waals surface area (Å²) in [6.07, 6.45) is 0. The van der Waals surface area contributed by atoms with Crippen molar-refractivity contribution in [1.82, 2.24) is 0 Å². The molecule has 2 rings (SSSR count). The molecule has 0 aromatic heterocycles. The molecular weight excluding hydrogens is 336 g/mol. The van der Waals surface area contributed by atoms with Gasteiger partial charge in [-0.15, -0.1) is 0 Å². The van der Waals surface area contributed by atoms with E-state index in [1.807, 2.05) is 18.2 Å². The standard InChI is InChI=1S/C17H18BrClO/c1-12(2)14-8-6-13(7-9-14)11-20-17-15(10-18)4-3-5-16(17)19/h3-9,12H,10-11H2,1-2H3. The molecule has 0 fully saturated rings. The van der Waals surface area contributed by atoms with Crippen LogP contribution in [0, 0.1) is 0 Å². The number of ether oxygens (including phenoxy) is 1. The average Bonchev–Trinajstić information content (AvgIpc) is 2.46. The fourth-order valence-corrected chi connectivity index (χ4v) is 2.66. The first-order valence-corrected chi connectivity index (χ1v) is 8.16. The summed E-state index contributed by atoms with van der Waals surface area (Å²) in [6, 6.07) is 14.3. The summed E-state index contributed by atoms with van der Waals surface area (Å²) < 4.78 is 5.88. The van der Waals surface area contributed by atoms with Gasteiger partial charge in [-0.1, -0.05) is 77.8 Å². The molecule has 0 bridgehead atoms. The average molecular weight is 354 g/mol. The van der Waals surface area contributed by atoms with Crippen LogP contribution in [0.15, 0.2) is 42.5 Å². The molecule has 0 radical (unpaired) electrons. The Morgan fingerprint density at radius 1 is 1.10 bits per heavy atom. The summed E-state index contributed by atoms with van der Waals surface area (Å²) >= 11 is 9.65.